The minimum absolute atomic E-state index is 0.00236. The maximum Gasteiger partial charge on any atom is 0.330 e. The molecule has 5 heteroatoms. The van der Waals surface area contributed by atoms with Crippen molar-refractivity contribution < 1.29 is 18.3 Å². The highest BCUT2D eigenvalue weighted by Crippen LogP contribution is 1.97. The Kier molecular flexibility index (Phi) is 3.95. The standard InChI is InChI=1S/C7H12O4S/c1-6(7(8)9)4-3-5-12(2,10)11/h4H,3,5H2,1-2H3,(H,8,9). The number of carboxylic acid groups (broad SMARTS) is 1. The van der Waals surface area contributed by atoms with Crippen molar-refractivity contribution in [2.24, 2.45) is 0 Å². The van der Waals surface area contributed by atoms with Gasteiger partial charge in [0, 0.05) is 11.8 Å². The Morgan fingerprint density at radius 3 is 2.33 bits per heavy atom. The van der Waals surface area contributed by atoms with Gasteiger partial charge in [0.15, 0.2) is 0 Å². The van der Waals surface area contributed by atoms with Crippen LogP contribution in [-0.4, -0.2) is 31.5 Å². The maximum absolute atomic E-state index is 10.6. The summed E-state index contributed by atoms with van der Waals surface area (Å²) < 4.78 is 21.2. The lowest BCUT2D eigenvalue weighted by atomic mass is 10.2. The van der Waals surface area contributed by atoms with Gasteiger partial charge in [-0.05, 0) is 13.3 Å². The second-order valence-electron chi connectivity index (χ2n) is 2.61. The molecule has 0 fully saturated rings. The molecule has 0 aliphatic carbocycles. The van der Waals surface area contributed by atoms with E-state index >= 15 is 0 Å². The highest BCUT2D eigenvalue weighted by atomic mass is 32.2. The van der Waals surface area contributed by atoms with Gasteiger partial charge in [-0.1, -0.05) is 6.08 Å². The van der Waals surface area contributed by atoms with Crippen LogP contribution in [0, 0.1) is 0 Å². The van der Waals surface area contributed by atoms with E-state index in [2.05, 4.69) is 0 Å². The zero-order valence-electron chi connectivity index (χ0n) is 7.07. The average Bonchev–Trinajstić information content (AvgIpc) is 1.84. The first-order valence-electron chi connectivity index (χ1n) is 3.40. The Morgan fingerprint density at radius 2 is 2.00 bits per heavy atom. The summed E-state index contributed by atoms with van der Waals surface area (Å²) in [7, 11) is -2.98. The predicted octanol–water partition coefficient (Wildman–Crippen LogP) is 0.452. The van der Waals surface area contributed by atoms with Crippen LogP contribution >= 0.6 is 0 Å². The summed E-state index contributed by atoms with van der Waals surface area (Å²) >= 11 is 0. The molecule has 0 aromatic heterocycles. The molecule has 0 saturated heterocycles. The third kappa shape index (κ3) is 5.91. The number of allylic oxidation sites excluding steroid dienone is 1. The van der Waals surface area contributed by atoms with Crippen LogP contribution in [0.4, 0.5) is 0 Å². The molecule has 0 atom stereocenters. The highest BCUT2D eigenvalue weighted by molar-refractivity contribution is 7.90. The van der Waals surface area contributed by atoms with Crippen molar-refractivity contribution in [1.82, 2.24) is 0 Å². The summed E-state index contributed by atoms with van der Waals surface area (Å²) in [6.45, 7) is 1.44. The van der Waals surface area contributed by atoms with Crippen molar-refractivity contribution in [1.29, 1.82) is 0 Å². The third-order valence-corrected chi connectivity index (χ3v) is 2.25. The molecule has 0 saturated carbocycles. The molecule has 0 aromatic carbocycles. The van der Waals surface area contributed by atoms with Crippen LogP contribution in [0.15, 0.2) is 11.6 Å². The zero-order valence-corrected chi connectivity index (χ0v) is 7.89. The minimum Gasteiger partial charge on any atom is -0.478 e. The average molecular weight is 192 g/mol. The van der Waals surface area contributed by atoms with Crippen LogP contribution in [0.2, 0.25) is 0 Å². The third-order valence-electron chi connectivity index (χ3n) is 1.28. The second-order valence-corrected chi connectivity index (χ2v) is 4.87. The van der Waals surface area contributed by atoms with Crippen molar-refractivity contribution in [3.8, 4) is 0 Å². The Balaban J connectivity index is 4.00. The molecular weight excluding hydrogens is 180 g/mol. The number of sulfone groups is 1. The summed E-state index contributed by atoms with van der Waals surface area (Å²) in [5.41, 5.74) is 0.179. The van der Waals surface area contributed by atoms with Crippen molar-refractivity contribution >= 4 is 15.8 Å². The lowest BCUT2D eigenvalue weighted by molar-refractivity contribution is -0.132. The van der Waals surface area contributed by atoms with E-state index in [4.69, 9.17) is 5.11 Å². The van der Waals surface area contributed by atoms with E-state index in [-0.39, 0.29) is 17.7 Å². The monoisotopic (exact) mass is 192 g/mol. The molecular formula is C7H12O4S. The van der Waals surface area contributed by atoms with Crippen molar-refractivity contribution in [3.05, 3.63) is 11.6 Å². The summed E-state index contributed by atoms with van der Waals surface area (Å²) in [6.07, 6.45) is 2.79. The SMILES string of the molecule is CC(=CCCS(C)(=O)=O)C(=O)O. The second kappa shape index (κ2) is 4.25. The molecule has 0 aliphatic heterocycles. The van der Waals surface area contributed by atoms with Gasteiger partial charge in [0.25, 0.3) is 0 Å². The van der Waals surface area contributed by atoms with Crippen LogP contribution in [0.3, 0.4) is 0 Å². The van der Waals surface area contributed by atoms with Crippen molar-refractivity contribution in [2.45, 2.75) is 13.3 Å². The largest absolute Gasteiger partial charge is 0.478 e. The topological polar surface area (TPSA) is 71.4 Å². The number of carbonyl (C=O) groups is 1. The first kappa shape index (κ1) is 11.2. The first-order valence-corrected chi connectivity index (χ1v) is 5.47. The molecule has 0 unspecified atom stereocenters. The molecule has 12 heavy (non-hydrogen) atoms. The fourth-order valence-electron chi connectivity index (χ4n) is 0.577. The first-order chi connectivity index (χ1) is 5.33. The molecule has 0 heterocycles. The van der Waals surface area contributed by atoms with Crippen LogP contribution in [0.1, 0.15) is 13.3 Å². The quantitative estimate of drug-likeness (QED) is 0.656. The summed E-state index contributed by atoms with van der Waals surface area (Å²) in [4.78, 5) is 10.2. The molecule has 0 radical (unpaired) electrons. The zero-order chi connectivity index (χ0) is 9.78. The molecule has 0 aromatic rings. The van der Waals surface area contributed by atoms with Gasteiger partial charge in [0.05, 0.1) is 5.75 Å². The van der Waals surface area contributed by atoms with Gasteiger partial charge in [-0.2, -0.15) is 0 Å². The summed E-state index contributed by atoms with van der Waals surface area (Å²) in [6, 6.07) is 0. The van der Waals surface area contributed by atoms with E-state index in [9.17, 15) is 13.2 Å². The van der Waals surface area contributed by atoms with Gasteiger partial charge in [-0.15, -0.1) is 0 Å². The molecule has 0 spiro atoms. The number of aliphatic carboxylic acids is 1. The Labute approximate surface area is 71.8 Å². The Bertz CT molecular complexity index is 287. The smallest absolute Gasteiger partial charge is 0.330 e. The Morgan fingerprint density at radius 1 is 1.50 bits per heavy atom. The maximum atomic E-state index is 10.6. The lowest BCUT2D eigenvalue weighted by Crippen LogP contribution is -2.03. The molecule has 0 rings (SSSR count). The number of hydrogen-bond donors (Lipinski definition) is 1. The Hall–Kier alpha value is -0.840. The van der Waals surface area contributed by atoms with Gasteiger partial charge >= 0.3 is 5.97 Å². The van der Waals surface area contributed by atoms with Gasteiger partial charge in [0.2, 0.25) is 0 Å². The van der Waals surface area contributed by atoms with Gasteiger partial charge in [-0.3, -0.25) is 0 Å². The van der Waals surface area contributed by atoms with E-state index in [0.717, 1.165) is 6.26 Å². The van der Waals surface area contributed by atoms with Gasteiger partial charge in [-0.25, -0.2) is 13.2 Å². The van der Waals surface area contributed by atoms with Crippen LogP contribution in [0.5, 0.6) is 0 Å². The van der Waals surface area contributed by atoms with Crippen LogP contribution in [0.25, 0.3) is 0 Å². The van der Waals surface area contributed by atoms with Crippen molar-refractivity contribution in [3.63, 3.8) is 0 Å². The van der Waals surface area contributed by atoms with E-state index in [0.29, 0.717) is 0 Å². The normalized spacial score (nSPS) is 13.0. The fourth-order valence-corrected chi connectivity index (χ4v) is 1.12. The van der Waals surface area contributed by atoms with Gasteiger partial charge < -0.3 is 5.11 Å². The molecule has 1 N–H and O–H groups in total. The molecule has 0 bridgehead atoms. The minimum atomic E-state index is -2.98. The van der Waals surface area contributed by atoms with Crippen molar-refractivity contribution in [2.75, 3.05) is 12.0 Å². The number of rotatable bonds is 4. The summed E-state index contributed by atoms with van der Waals surface area (Å²) in [5, 5.41) is 8.39. The summed E-state index contributed by atoms with van der Waals surface area (Å²) in [5.74, 6) is -1.01. The molecule has 0 amide bonds. The molecule has 4 nitrogen and oxygen atoms in total. The van der Waals surface area contributed by atoms with Crippen LogP contribution in [-0.2, 0) is 14.6 Å². The van der Waals surface area contributed by atoms with E-state index in [1.807, 2.05) is 0 Å². The van der Waals surface area contributed by atoms with E-state index in [1.54, 1.807) is 0 Å². The van der Waals surface area contributed by atoms with Gasteiger partial charge in [0.1, 0.15) is 9.84 Å². The highest BCUT2D eigenvalue weighted by Gasteiger charge is 2.02. The lowest BCUT2D eigenvalue weighted by Gasteiger charge is -1.94. The number of hydrogen-bond acceptors (Lipinski definition) is 3. The predicted molar refractivity (Wildman–Crippen MR) is 45.7 cm³/mol. The molecule has 0 aliphatic rings. The fraction of sp³-hybridized carbons (Fsp3) is 0.571. The van der Waals surface area contributed by atoms with E-state index < -0.39 is 15.8 Å². The molecule has 70 valence electrons. The number of carboxylic acids is 1. The van der Waals surface area contributed by atoms with Crippen LogP contribution < -0.4 is 0 Å². The van der Waals surface area contributed by atoms with E-state index in [1.165, 1.54) is 13.0 Å².